The van der Waals surface area contributed by atoms with E-state index in [0.717, 1.165) is 19.4 Å². The van der Waals surface area contributed by atoms with Crippen molar-refractivity contribution in [3.63, 3.8) is 0 Å². The number of carbonyl (C=O) groups excluding carboxylic acids is 1. The van der Waals surface area contributed by atoms with Crippen molar-refractivity contribution in [1.29, 1.82) is 0 Å². The fourth-order valence-electron chi connectivity index (χ4n) is 2.21. The SMILES string of the molecule is COC(=O)c1ccccc1S(=O)(=O)NC1CCCNC1. The summed E-state index contributed by atoms with van der Waals surface area (Å²) >= 11 is 0. The Morgan fingerprint density at radius 1 is 1.40 bits per heavy atom. The van der Waals surface area contributed by atoms with Gasteiger partial charge in [0, 0.05) is 12.6 Å². The Hall–Kier alpha value is -1.44. The van der Waals surface area contributed by atoms with Crippen LogP contribution in [0.3, 0.4) is 0 Å². The molecule has 1 atom stereocenters. The number of sulfonamides is 1. The van der Waals surface area contributed by atoms with Crippen LogP contribution < -0.4 is 10.0 Å². The molecule has 1 saturated heterocycles. The lowest BCUT2D eigenvalue weighted by Crippen LogP contribution is -2.45. The fourth-order valence-corrected chi connectivity index (χ4v) is 3.68. The molecule has 2 N–H and O–H groups in total. The smallest absolute Gasteiger partial charge is 0.339 e. The molecule has 2 rings (SSSR count). The molecule has 0 aromatic heterocycles. The van der Waals surface area contributed by atoms with Crippen molar-refractivity contribution in [1.82, 2.24) is 10.0 Å². The third-order valence-corrected chi connectivity index (χ3v) is 4.78. The zero-order valence-electron chi connectivity index (χ0n) is 11.3. The molecule has 0 spiro atoms. The number of hydrogen-bond donors (Lipinski definition) is 2. The Bertz CT molecular complexity index is 580. The number of carbonyl (C=O) groups is 1. The van der Waals surface area contributed by atoms with Gasteiger partial charge in [0.05, 0.1) is 17.6 Å². The molecule has 1 aliphatic rings. The maximum atomic E-state index is 12.4. The minimum atomic E-state index is -3.74. The van der Waals surface area contributed by atoms with E-state index >= 15 is 0 Å². The molecule has 1 aromatic carbocycles. The topological polar surface area (TPSA) is 84.5 Å². The Labute approximate surface area is 118 Å². The van der Waals surface area contributed by atoms with Gasteiger partial charge in [0.15, 0.2) is 0 Å². The van der Waals surface area contributed by atoms with Crippen molar-refractivity contribution in [2.75, 3.05) is 20.2 Å². The van der Waals surface area contributed by atoms with Crippen molar-refractivity contribution in [3.8, 4) is 0 Å². The zero-order valence-corrected chi connectivity index (χ0v) is 12.1. The minimum Gasteiger partial charge on any atom is -0.465 e. The number of ether oxygens (including phenoxy) is 1. The first-order valence-corrected chi connectivity index (χ1v) is 7.93. The number of nitrogens with one attached hydrogen (secondary N) is 2. The molecule has 110 valence electrons. The Balaban J connectivity index is 2.27. The second-order valence-electron chi connectivity index (χ2n) is 4.65. The van der Waals surface area contributed by atoms with Crippen LogP contribution >= 0.6 is 0 Å². The van der Waals surface area contributed by atoms with Crippen LogP contribution in [0.1, 0.15) is 23.2 Å². The van der Waals surface area contributed by atoms with Gasteiger partial charge in [-0.2, -0.15) is 0 Å². The molecular formula is C13H18N2O4S. The van der Waals surface area contributed by atoms with Gasteiger partial charge >= 0.3 is 5.97 Å². The highest BCUT2D eigenvalue weighted by atomic mass is 32.2. The maximum Gasteiger partial charge on any atom is 0.339 e. The first-order chi connectivity index (χ1) is 9.54. The van der Waals surface area contributed by atoms with Gasteiger partial charge in [0.1, 0.15) is 0 Å². The van der Waals surface area contributed by atoms with Crippen LogP contribution in [0.2, 0.25) is 0 Å². The molecule has 0 saturated carbocycles. The first-order valence-electron chi connectivity index (χ1n) is 6.45. The van der Waals surface area contributed by atoms with Crippen molar-refractivity contribution in [3.05, 3.63) is 29.8 Å². The van der Waals surface area contributed by atoms with Crippen LogP contribution in [0.25, 0.3) is 0 Å². The van der Waals surface area contributed by atoms with Crippen LogP contribution in [0.5, 0.6) is 0 Å². The average molecular weight is 298 g/mol. The summed E-state index contributed by atoms with van der Waals surface area (Å²) in [6, 6.07) is 5.89. The van der Waals surface area contributed by atoms with E-state index < -0.39 is 16.0 Å². The van der Waals surface area contributed by atoms with Gasteiger partial charge in [-0.3, -0.25) is 0 Å². The van der Waals surface area contributed by atoms with Crippen LogP contribution in [0.15, 0.2) is 29.2 Å². The van der Waals surface area contributed by atoms with E-state index in [2.05, 4.69) is 14.8 Å². The van der Waals surface area contributed by atoms with Crippen molar-refractivity contribution < 1.29 is 17.9 Å². The second kappa shape index (κ2) is 6.34. The summed E-state index contributed by atoms with van der Waals surface area (Å²) in [5, 5.41) is 3.14. The largest absolute Gasteiger partial charge is 0.465 e. The van der Waals surface area contributed by atoms with Crippen molar-refractivity contribution >= 4 is 16.0 Å². The molecule has 1 aromatic rings. The highest BCUT2D eigenvalue weighted by Gasteiger charge is 2.26. The number of rotatable bonds is 4. The molecule has 1 fully saturated rings. The monoisotopic (exact) mass is 298 g/mol. The predicted octanol–water partition coefficient (Wildman–Crippen LogP) is 0.503. The van der Waals surface area contributed by atoms with Crippen LogP contribution in [0.4, 0.5) is 0 Å². The fraction of sp³-hybridized carbons (Fsp3) is 0.462. The summed E-state index contributed by atoms with van der Waals surface area (Å²) in [4.78, 5) is 11.6. The van der Waals surface area contributed by atoms with E-state index in [1.807, 2.05) is 0 Å². The van der Waals surface area contributed by atoms with Crippen LogP contribution in [-0.2, 0) is 14.8 Å². The zero-order chi connectivity index (χ0) is 14.6. The van der Waals surface area contributed by atoms with E-state index in [-0.39, 0.29) is 16.5 Å². The quantitative estimate of drug-likeness (QED) is 0.791. The molecule has 7 heteroatoms. The molecule has 20 heavy (non-hydrogen) atoms. The van der Waals surface area contributed by atoms with Gasteiger partial charge in [-0.05, 0) is 31.5 Å². The van der Waals surface area contributed by atoms with Crippen molar-refractivity contribution in [2.24, 2.45) is 0 Å². The highest BCUT2D eigenvalue weighted by molar-refractivity contribution is 7.89. The van der Waals surface area contributed by atoms with Gasteiger partial charge < -0.3 is 10.1 Å². The molecule has 1 aliphatic heterocycles. The molecule has 0 aliphatic carbocycles. The lowest BCUT2D eigenvalue weighted by Gasteiger charge is -2.24. The number of piperidine rings is 1. The van der Waals surface area contributed by atoms with Crippen LogP contribution in [0, 0.1) is 0 Å². The average Bonchev–Trinajstić information content (AvgIpc) is 2.47. The van der Waals surface area contributed by atoms with Gasteiger partial charge in [-0.15, -0.1) is 0 Å². The van der Waals surface area contributed by atoms with Gasteiger partial charge in [0.2, 0.25) is 10.0 Å². The molecule has 1 unspecified atom stereocenters. The summed E-state index contributed by atoms with van der Waals surface area (Å²) in [7, 11) is -2.51. The normalized spacial score (nSPS) is 19.6. The highest BCUT2D eigenvalue weighted by Crippen LogP contribution is 2.17. The lowest BCUT2D eigenvalue weighted by atomic mass is 10.1. The number of esters is 1. The first kappa shape index (κ1) is 15.0. The van der Waals surface area contributed by atoms with E-state index in [1.165, 1.54) is 19.2 Å². The molecule has 0 radical (unpaired) electrons. The van der Waals surface area contributed by atoms with Gasteiger partial charge in [0.25, 0.3) is 0 Å². The van der Waals surface area contributed by atoms with E-state index in [0.29, 0.717) is 6.54 Å². The summed E-state index contributed by atoms with van der Waals surface area (Å²) in [6.45, 7) is 1.50. The van der Waals surface area contributed by atoms with Crippen LogP contribution in [-0.4, -0.2) is 40.6 Å². The standard InChI is InChI=1S/C13H18N2O4S/c1-19-13(16)11-6-2-3-7-12(11)20(17,18)15-10-5-4-8-14-9-10/h2-3,6-7,10,14-15H,4-5,8-9H2,1H3. The summed E-state index contributed by atoms with van der Waals surface area (Å²) in [5.41, 5.74) is 0.0475. The Morgan fingerprint density at radius 2 is 2.15 bits per heavy atom. The maximum absolute atomic E-state index is 12.4. The van der Waals surface area contributed by atoms with Crippen molar-refractivity contribution in [2.45, 2.75) is 23.8 Å². The third-order valence-electron chi connectivity index (χ3n) is 3.20. The second-order valence-corrected chi connectivity index (χ2v) is 6.33. The predicted molar refractivity (Wildman–Crippen MR) is 74.0 cm³/mol. The Kier molecular flexibility index (Phi) is 4.74. The molecular weight excluding hydrogens is 280 g/mol. The number of hydrogen-bond acceptors (Lipinski definition) is 5. The lowest BCUT2D eigenvalue weighted by molar-refractivity contribution is 0.0596. The molecule has 0 bridgehead atoms. The molecule has 1 heterocycles. The van der Waals surface area contributed by atoms with Gasteiger partial charge in [-0.25, -0.2) is 17.9 Å². The Morgan fingerprint density at radius 3 is 2.80 bits per heavy atom. The summed E-state index contributed by atoms with van der Waals surface area (Å²) < 4.78 is 32.0. The number of methoxy groups -OCH3 is 1. The molecule has 0 amide bonds. The van der Waals surface area contributed by atoms with E-state index in [4.69, 9.17) is 0 Å². The van der Waals surface area contributed by atoms with E-state index in [1.54, 1.807) is 12.1 Å². The van der Waals surface area contributed by atoms with E-state index in [9.17, 15) is 13.2 Å². The molecule has 6 nitrogen and oxygen atoms in total. The summed E-state index contributed by atoms with van der Waals surface area (Å²) in [5.74, 6) is -0.659. The number of benzene rings is 1. The van der Waals surface area contributed by atoms with Gasteiger partial charge in [-0.1, -0.05) is 12.1 Å². The summed E-state index contributed by atoms with van der Waals surface area (Å²) in [6.07, 6.45) is 1.71. The minimum absolute atomic E-state index is 0.0441. The third kappa shape index (κ3) is 3.36.